The molecule has 1 heterocycles. The molecule has 0 saturated heterocycles. The summed E-state index contributed by atoms with van der Waals surface area (Å²) in [4.78, 5) is 11.8. The average molecular weight is 282 g/mol. The molecule has 0 bridgehead atoms. The third kappa shape index (κ3) is 3.75. The van der Waals surface area contributed by atoms with Crippen LogP contribution in [0, 0.1) is 5.92 Å². The highest BCUT2D eigenvalue weighted by molar-refractivity contribution is 7.98. The Kier molecular flexibility index (Phi) is 5.31. The van der Waals surface area contributed by atoms with E-state index >= 15 is 0 Å². The highest BCUT2D eigenvalue weighted by Gasteiger charge is 2.19. The average Bonchev–Trinajstić information content (AvgIpc) is 3.01. The van der Waals surface area contributed by atoms with E-state index in [1.165, 1.54) is 31.4 Å². The van der Waals surface area contributed by atoms with E-state index in [0.29, 0.717) is 12.2 Å². The molecular weight excluding hydrogens is 260 g/mol. The molecule has 1 aliphatic rings. The van der Waals surface area contributed by atoms with Gasteiger partial charge in [-0.2, -0.15) is 16.9 Å². The Bertz CT molecular complexity index is 425. The van der Waals surface area contributed by atoms with Crippen molar-refractivity contribution in [2.45, 2.75) is 38.4 Å². The SMILES string of the molecule is CCOC(=O)c1cnn(C)c1CSCC1CCCC1. The predicted molar refractivity (Wildman–Crippen MR) is 77.3 cm³/mol. The summed E-state index contributed by atoms with van der Waals surface area (Å²) in [6.07, 6.45) is 7.10. The minimum atomic E-state index is -0.257. The molecule has 1 aliphatic carbocycles. The lowest BCUT2D eigenvalue weighted by Crippen LogP contribution is -2.08. The predicted octanol–water partition coefficient (Wildman–Crippen LogP) is 3.02. The summed E-state index contributed by atoms with van der Waals surface area (Å²) >= 11 is 1.90. The zero-order valence-electron chi connectivity index (χ0n) is 11.7. The molecule has 0 unspecified atom stereocenters. The first-order chi connectivity index (χ1) is 9.22. The number of hydrogen-bond acceptors (Lipinski definition) is 4. The molecule has 4 nitrogen and oxygen atoms in total. The summed E-state index contributed by atoms with van der Waals surface area (Å²) in [5.74, 6) is 2.63. The molecule has 1 fully saturated rings. The van der Waals surface area contributed by atoms with E-state index in [2.05, 4.69) is 5.10 Å². The van der Waals surface area contributed by atoms with Crippen LogP contribution in [0.1, 0.15) is 48.7 Å². The van der Waals surface area contributed by atoms with Gasteiger partial charge in [0.05, 0.1) is 18.5 Å². The number of carbonyl (C=O) groups excluding carboxylic acids is 1. The molecule has 0 aromatic carbocycles. The van der Waals surface area contributed by atoms with Crippen LogP contribution in [-0.2, 0) is 17.5 Å². The van der Waals surface area contributed by atoms with Gasteiger partial charge in [-0.25, -0.2) is 4.79 Å². The molecule has 0 aliphatic heterocycles. The molecular formula is C14H22N2O2S. The fraction of sp³-hybridized carbons (Fsp3) is 0.714. The van der Waals surface area contributed by atoms with E-state index in [9.17, 15) is 4.79 Å². The molecule has 19 heavy (non-hydrogen) atoms. The van der Waals surface area contributed by atoms with E-state index in [1.807, 2.05) is 25.7 Å². The molecule has 1 aromatic rings. The van der Waals surface area contributed by atoms with Gasteiger partial charge in [0.2, 0.25) is 0 Å². The fourth-order valence-corrected chi connectivity index (χ4v) is 3.83. The van der Waals surface area contributed by atoms with Crippen molar-refractivity contribution in [2.75, 3.05) is 12.4 Å². The van der Waals surface area contributed by atoms with Crippen LogP contribution in [0.5, 0.6) is 0 Å². The van der Waals surface area contributed by atoms with E-state index < -0.39 is 0 Å². The smallest absolute Gasteiger partial charge is 0.341 e. The van der Waals surface area contributed by atoms with Crippen LogP contribution in [0.25, 0.3) is 0 Å². The molecule has 1 saturated carbocycles. The van der Waals surface area contributed by atoms with Gasteiger partial charge in [-0.05, 0) is 31.4 Å². The maximum atomic E-state index is 11.8. The molecule has 0 atom stereocenters. The minimum Gasteiger partial charge on any atom is -0.462 e. The lowest BCUT2D eigenvalue weighted by molar-refractivity contribution is 0.0525. The Morgan fingerprint density at radius 3 is 2.95 bits per heavy atom. The first-order valence-corrected chi connectivity index (χ1v) is 8.13. The number of carbonyl (C=O) groups is 1. The monoisotopic (exact) mass is 282 g/mol. The number of hydrogen-bond donors (Lipinski definition) is 0. The van der Waals surface area contributed by atoms with E-state index in [0.717, 1.165) is 17.4 Å². The third-order valence-electron chi connectivity index (χ3n) is 3.62. The molecule has 106 valence electrons. The number of thioether (sulfide) groups is 1. The topological polar surface area (TPSA) is 44.1 Å². The first-order valence-electron chi connectivity index (χ1n) is 6.98. The lowest BCUT2D eigenvalue weighted by atomic mass is 10.1. The van der Waals surface area contributed by atoms with Crippen LogP contribution >= 0.6 is 11.8 Å². The number of rotatable bonds is 6. The zero-order valence-corrected chi connectivity index (χ0v) is 12.5. The number of aromatic nitrogens is 2. The van der Waals surface area contributed by atoms with Crippen LogP contribution in [0.3, 0.4) is 0 Å². The van der Waals surface area contributed by atoms with Crippen molar-refractivity contribution in [1.29, 1.82) is 0 Å². The van der Waals surface area contributed by atoms with Gasteiger partial charge >= 0.3 is 5.97 Å². The molecule has 0 N–H and O–H groups in total. The van der Waals surface area contributed by atoms with Crippen molar-refractivity contribution >= 4 is 17.7 Å². The summed E-state index contributed by atoms with van der Waals surface area (Å²) in [5, 5.41) is 4.17. The maximum absolute atomic E-state index is 11.8. The summed E-state index contributed by atoms with van der Waals surface area (Å²) in [7, 11) is 1.88. The van der Waals surface area contributed by atoms with Crippen molar-refractivity contribution in [3.8, 4) is 0 Å². The second kappa shape index (κ2) is 6.98. The fourth-order valence-electron chi connectivity index (χ4n) is 2.51. The Morgan fingerprint density at radius 1 is 1.53 bits per heavy atom. The van der Waals surface area contributed by atoms with Gasteiger partial charge in [0, 0.05) is 12.8 Å². The van der Waals surface area contributed by atoms with Gasteiger partial charge in [0.25, 0.3) is 0 Å². The van der Waals surface area contributed by atoms with Gasteiger partial charge < -0.3 is 4.74 Å². The van der Waals surface area contributed by atoms with E-state index in [1.54, 1.807) is 10.9 Å². The number of esters is 1. The zero-order chi connectivity index (χ0) is 13.7. The minimum absolute atomic E-state index is 0.257. The van der Waals surface area contributed by atoms with Crippen LogP contribution in [0.4, 0.5) is 0 Å². The molecule has 0 spiro atoms. The molecule has 0 radical (unpaired) electrons. The Balaban J connectivity index is 1.91. The number of ether oxygens (including phenoxy) is 1. The largest absolute Gasteiger partial charge is 0.462 e. The third-order valence-corrected chi connectivity index (χ3v) is 4.81. The standard InChI is InChI=1S/C14H22N2O2S/c1-3-18-14(17)12-8-15-16(2)13(12)10-19-9-11-6-4-5-7-11/h8,11H,3-7,9-10H2,1-2H3. The van der Waals surface area contributed by atoms with Crippen molar-refractivity contribution in [3.05, 3.63) is 17.5 Å². The highest BCUT2D eigenvalue weighted by atomic mass is 32.2. The Morgan fingerprint density at radius 2 is 2.26 bits per heavy atom. The van der Waals surface area contributed by atoms with E-state index in [-0.39, 0.29) is 5.97 Å². The number of aryl methyl sites for hydroxylation is 1. The van der Waals surface area contributed by atoms with Crippen molar-refractivity contribution in [2.24, 2.45) is 13.0 Å². The Labute approximate surface area is 118 Å². The molecule has 2 rings (SSSR count). The van der Waals surface area contributed by atoms with Gasteiger partial charge in [-0.15, -0.1) is 0 Å². The second-order valence-electron chi connectivity index (χ2n) is 5.01. The van der Waals surface area contributed by atoms with Crippen molar-refractivity contribution < 1.29 is 9.53 Å². The molecule has 0 amide bonds. The molecule has 5 heteroatoms. The summed E-state index contributed by atoms with van der Waals surface area (Å²) in [6, 6.07) is 0. The quantitative estimate of drug-likeness (QED) is 0.752. The summed E-state index contributed by atoms with van der Waals surface area (Å²) in [5.41, 5.74) is 1.59. The Hall–Kier alpha value is -0.970. The lowest BCUT2D eigenvalue weighted by Gasteiger charge is -2.09. The van der Waals surface area contributed by atoms with Crippen molar-refractivity contribution in [3.63, 3.8) is 0 Å². The van der Waals surface area contributed by atoms with Gasteiger partial charge in [-0.3, -0.25) is 4.68 Å². The van der Waals surface area contributed by atoms with Gasteiger partial charge in [0.1, 0.15) is 5.56 Å². The normalized spacial score (nSPS) is 15.9. The maximum Gasteiger partial charge on any atom is 0.341 e. The van der Waals surface area contributed by atoms with Crippen LogP contribution in [-0.4, -0.2) is 28.1 Å². The second-order valence-corrected chi connectivity index (χ2v) is 6.04. The van der Waals surface area contributed by atoms with E-state index in [4.69, 9.17) is 4.74 Å². The van der Waals surface area contributed by atoms with Crippen molar-refractivity contribution in [1.82, 2.24) is 9.78 Å². The van der Waals surface area contributed by atoms with Crippen LogP contribution in [0.15, 0.2) is 6.20 Å². The first kappa shape index (κ1) is 14.4. The summed E-state index contributed by atoms with van der Waals surface area (Å²) < 4.78 is 6.85. The van der Waals surface area contributed by atoms with Crippen LogP contribution in [0.2, 0.25) is 0 Å². The molecule has 1 aromatic heterocycles. The van der Waals surface area contributed by atoms with Gasteiger partial charge in [0.15, 0.2) is 0 Å². The van der Waals surface area contributed by atoms with Crippen LogP contribution < -0.4 is 0 Å². The number of nitrogens with zero attached hydrogens (tertiary/aromatic N) is 2. The van der Waals surface area contributed by atoms with Gasteiger partial charge in [-0.1, -0.05) is 12.8 Å². The highest BCUT2D eigenvalue weighted by Crippen LogP contribution is 2.29. The summed E-state index contributed by atoms with van der Waals surface area (Å²) in [6.45, 7) is 2.23.